The van der Waals surface area contributed by atoms with E-state index in [1.165, 1.54) is 4.90 Å². The summed E-state index contributed by atoms with van der Waals surface area (Å²) in [5.74, 6) is -0.466. The Kier molecular flexibility index (Phi) is 2.90. The van der Waals surface area contributed by atoms with Gasteiger partial charge >= 0.3 is 0 Å². The molecule has 7 heteroatoms. The molecule has 0 aliphatic carbocycles. The molecular weight excluding hydrogens is 276 g/mol. The topological polar surface area (TPSA) is 88.3 Å². The Morgan fingerprint density at radius 3 is 2.90 bits per heavy atom. The maximum absolute atomic E-state index is 12.6. The minimum Gasteiger partial charge on any atom is -0.375 e. The lowest BCUT2D eigenvalue weighted by Gasteiger charge is -2.28. The maximum Gasteiger partial charge on any atom is 0.270 e. The van der Waals surface area contributed by atoms with Gasteiger partial charge in [0.05, 0.1) is 17.1 Å². The molecule has 102 valence electrons. The number of hydrogen-bond donors (Lipinski definition) is 2. The number of anilines is 3. The lowest BCUT2D eigenvalue weighted by molar-refractivity contribution is -0.115. The SMILES string of the molecule is Cc1nc(N)sc1C(=O)N1CC(=O)Nc2ccccc21. The van der Waals surface area contributed by atoms with Crippen LogP contribution in [0.1, 0.15) is 15.4 Å². The van der Waals surface area contributed by atoms with Gasteiger partial charge in [-0.2, -0.15) is 0 Å². The van der Waals surface area contributed by atoms with Crippen molar-refractivity contribution in [3.05, 3.63) is 34.8 Å². The molecule has 20 heavy (non-hydrogen) atoms. The van der Waals surface area contributed by atoms with Crippen LogP contribution in [0.2, 0.25) is 0 Å². The van der Waals surface area contributed by atoms with Crippen molar-refractivity contribution in [1.82, 2.24) is 4.98 Å². The molecule has 3 N–H and O–H groups in total. The summed E-state index contributed by atoms with van der Waals surface area (Å²) < 4.78 is 0. The predicted octanol–water partition coefficient (Wildman–Crippen LogP) is 1.63. The van der Waals surface area contributed by atoms with Gasteiger partial charge in [-0.05, 0) is 19.1 Å². The second-order valence-electron chi connectivity index (χ2n) is 4.42. The normalized spacial score (nSPS) is 13.8. The number of nitrogen functional groups attached to an aromatic ring is 1. The smallest absolute Gasteiger partial charge is 0.270 e. The number of para-hydroxylation sites is 2. The van der Waals surface area contributed by atoms with Gasteiger partial charge in [0.2, 0.25) is 5.91 Å². The van der Waals surface area contributed by atoms with Crippen LogP contribution in [0, 0.1) is 6.92 Å². The van der Waals surface area contributed by atoms with Gasteiger partial charge in [-0.25, -0.2) is 4.98 Å². The van der Waals surface area contributed by atoms with Crippen LogP contribution in [-0.4, -0.2) is 23.3 Å². The van der Waals surface area contributed by atoms with E-state index in [4.69, 9.17) is 5.73 Å². The Hall–Kier alpha value is -2.41. The number of fused-ring (bicyclic) bond motifs is 1. The van der Waals surface area contributed by atoms with Crippen LogP contribution in [0.4, 0.5) is 16.5 Å². The molecule has 1 aliphatic heterocycles. The van der Waals surface area contributed by atoms with Crippen LogP contribution >= 0.6 is 11.3 Å². The Morgan fingerprint density at radius 2 is 2.20 bits per heavy atom. The summed E-state index contributed by atoms with van der Waals surface area (Å²) in [5, 5.41) is 3.09. The lowest BCUT2D eigenvalue weighted by Crippen LogP contribution is -2.42. The van der Waals surface area contributed by atoms with Gasteiger partial charge in [-0.15, -0.1) is 0 Å². The number of aromatic nitrogens is 1. The molecule has 6 nitrogen and oxygen atoms in total. The molecule has 2 heterocycles. The van der Waals surface area contributed by atoms with E-state index in [1.54, 1.807) is 19.1 Å². The zero-order valence-electron chi connectivity index (χ0n) is 10.7. The maximum atomic E-state index is 12.6. The molecule has 0 unspecified atom stereocenters. The molecule has 0 atom stereocenters. The van der Waals surface area contributed by atoms with Crippen molar-refractivity contribution in [3.63, 3.8) is 0 Å². The molecule has 1 aromatic carbocycles. The molecule has 1 aromatic heterocycles. The van der Waals surface area contributed by atoms with Gasteiger partial charge in [0.1, 0.15) is 11.4 Å². The Balaban J connectivity index is 2.04. The number of amides is 2. The Morgan fingerprint density at radius 1 is 1.45 bits per heavy atom. The molecule has 3 rings (SSSR count). The number of nitrogens with two attached hydrogens (primary N) is 1. The van der Waals surface area contributed by atoms with Crippen molar-refractivity contribution in [2.75, 3.05) is 22.5 Å². The first-order valence-corrected chi connectivity index (χ1v) is 6.81. The average Bonchev–Trinajstić information content (AvgIpc) is 2.76. The molecule has 0 bridgehead atoms. The van der Waals surface area contributed by atoms with Gasteiger partial charge < -0.3 is 11.1 Å². The summed E-state index contributed by atoms with van der Waals surface area (Å²) in [6, 6.07) is 7.19. The zero-order valence-corrected chi connectivity index (χ0v) is 11.5. The van der Waals surface area contributed by atoms with E-state index >= 15 is 0 Å². The number of rotatable bonds is 1. The number of carbonyl (C=O) groups excluding carboxylic acids is 2. The fourth-order valence-electron chi connectivity index (χ4n) is 2.15. The van der Waals surface area contributed by atoms with E-state index in [1.807, 2.05) is 12.1 Å². The Bertz CT molecular complexity index is 710. The first-order valence-electron chi connectivity index (χ1n) is 6.00. The summed E-state index contributed by atoms with van der Waals surface area (Å²) in [7, 11) is 0. The summed E-state index contributed by atoms with van der Waals surface area (Å²) in [6.07, 6.45) is 0. The fraction of sp³-hybridized carbons (Fsp3) is 0.154. The third-order valence-electron chi connectivity index (χ3n) is 3.02. The Labute approximate surface area is 119 Å². The summed E-state index contributed by atoms with van der Waals surface area (Å²) in [6.45, 7) is 1.73. The lowest BCUT2D eigenvalue weighted by atomic mass is 10.2. The number of nitrogens with one attached hydrogen (secondary N) is 1. The highest BCUT2D eigenvalue weighted by Crippen LogP contribution is 2.31. The van der Waals surface area contributed by atoms with Crippen molar-refractivity contribution in [2.45, 2.75) is 6.92 Å². The van der Waals surface area contributed by atoms with Crippen LogP contribution in [0.25, 0.3) is 0 Å². The molecule has 0 radical (unpaired) electrons. The summed E-state index contributed by atoms with van der Waals surface area (Å²) >= 11 is 1.14. The molecule has 2 aromatic rings. The number of hydrogen-bond acceptors (Lipinski definition) is 5. The second kappa shape index (κ2) is 4.61. The highest BCUT2D eigenvalue weighted by molar-refractivity contribution is 7.17. The standard InChI is InChI=1S/C13H12N4O2S/c1-7-11(20-13(14)15-7)12(19)17-6-10(18)16-8-4-2-3-5-9(8)17/h2-5H,6H2,1H3,(H2,14,15)(H,16,18). The second-order valence-corrected chi connectivity index (χ2v) is 5.45. The van der Waals surface area contributed by atoms with Gasteiger partial charge in [-0.3, -0.25) is 14.5 Å². The first kappa shape index (κ1) is 12.6. The number of aryl methyl sites for hydroxylation is 1. The van der Waals surface area contributed by atoms with Crippen LogP contribution in [0.5, 0.6) is 0 Å². The van der Waals surface area contributed by atoms with Crippen molar-refractivity contribution in [2.24, 2.45) is 0 Å². The van der Waals surface area contributed by atoms with Crippen molar-refractivity contribution in [1.29, 1.82) is 0 Å². The van der Waals surface area contributed by atoms with Gasteiger partial charge in [0.25, 0.3) is 5.91 Å². The number of benzene rings is 1. The van der Waals surface area contributed by atoms with Crippen LogP contribution in [0.15, 0.2) is 24.3 Å². The van der Waals surface area contributed by atoms with E-state index in [2.05, 4.69) is 10.3 Å². The quantitative estimate of drug-likeness (QED) is 0.834. The van der Waals surface area contributed by atoms with Gasteiger partial charge in [0, 0.05) is 0 Å². The minimum atomic E-state index is -0.251. The zero-order chi connectivity index (χ0) is 14.3. The highest BCUT2D eigenvalue weighted by Gasteiger charge is 2.29. The van der Waals surface area contributed by atoms with E-state index in [9.17, 15) is 9.59 Å². The average molecular weight is 288 g/mol. The van der Waals surface area contributed by atoms with Gasteiger partial charge in [0.15, 0.2) is 5.13 Å². The van der Waals surface area contributed by atoms with E-state index < -0.39 is 0 Å². The molecular formula is C13H12N4O2S. The largest absolute Gasteiger partial charge is 0.375 e. The summed E-state index contributed by atoms with van der Waals surface area (Å²) in [5.41, 5.74) is 7.53. The molecule has 0 spiro atoms. The van der Waals surface area contributed by atoms with Crippen LogP contribution in [-0.2, 0) is 4.79 Å². The number of thiazole rings is 1. The third-order valence-corrected chi connectivity index (χ3v) is 4.00. The number of nitrogens with zero attached hydrogens (tertiary/aromatic N) is 2. The predicted molar refractivity (Wildman–Crippen MR) is 78.0 cm³/mol. The van der Waals surface area contributed by atoms with Crippen molar-refractivity contribution >= 4 is 39.7 Å². The fourth-order valence-corrected chi connectivity index (χ4v) is 2.94. The minimum absolute atomic E-state index is 0.00685. The molecule has 0 saturated heterocycles. The highest BCUT2D eigenvalue weighted by atomic mass is 32.1. The first-order chi connectivity index (χ1) is 9.56. The third kappa shape index (κ3) is 2.01. The van der Waals surface area contributed by atoms with E-state index in [0.29, 0.717) is 27.1 Å². The van der Waals surface area contributed by atoms with Crippen LogP contribution < -0.4 is 16.0 Å². The van der Waals surface area contributed by atoms with Gasteiger partial charge in [-0.1, -0.05) is 23.5 Å². The van der Waals surface area contributed by atoms with Crippen molar-refractivity contribution < 1.29 is 9.59 Å². The molecule has 2 amide bonds. The van der Waals surface area contributed by atoms with E-state index in [-0.39, 0.29) is 18.4 Å². The molecule has 0 fully saturated rings. The number of carbonyl (C=O) groups is 2. The monoisotopic (exact) mass is 288 g/mol. The molecule has 1 aliphatic rings. The van der Waals surface area contributed by atoms with Crippen LogP contribution in [0.3, 0.4) is 0 Å². The van der Waals surface area contributed by atoms with Crippen molar-refractivity contribution in [3.8, 4) is 0 Å². The summed E-state index contributed by atoms with van der Waals surface area (Å²) in [4.78, 5) is 30.3. The molecule has 0 saturated carbocycles. The van der Waals surface area contributed by atoms with E-state index in [0.717, 1.165) is 11.3 Å².